The number of rotatable bonds is 5. The molecule has 0 fully saturated rings. The number of ether oxygens (including phenoxy) is 1. The molecule has 6 nitrogen and oxygen atoms in total. The minimum absolute atomic E-state index is 0.187. The number of fused-ring (bicyclic) bond motifs is 3. The van der Waals surface area contributed by atoms with Gasteiger partial charge in [0, 0.05) is 16.4 Å². The summed E-state index contributed by atoms with van der Waals surface area (Å²) in [5.74, 6) is 1.28. The van der Waals surface area contributed by atoms with Crippen molar-refractivity contribution < 1.29 is 9.53 Å². The molecule has 1 aliphatic rings. The first-order valence-electron chi connectivity index (χ1n) is 10.8. The molecule has 0 spiro atoms. The quantitative estimate of drug-likeness (QED) is 0.384. The smallest absolute Gasteiger partial charge is 0.255 e. The van der Waals surface area contributed by atoms with E-state index in [-0.39, 0.29) is 11.9 Å². The Kier molecular flexibility index (Phi) is 5.52. The van der Waals surface area contributed by atoms with Crippen LogP contribution in [0.4, 0.5) is 11.6 Å². The van der Waals surface area contributed by atoms with Crippen LogP contribution in [-0.2, 0) is 4.79 Å². The van der Waals surface area contributed by atoms with Crippen LogP contribution in [0.25, 0.3) is 11.0 Å². The first-order valence-corrected chi connectivity index (χ1v) is 11.2. The van der Waals surface area contributed by atoms with E-state index in [4.69, 9.17) is 21.3 Å². The third-order valence-corrected chi connectivity index (χ3v) is 5.94. The van der Waals surface area contributed by atoms with Gasteiger partial charge in [0.25, 0.3) is 5.91 Å². The molecule has 3 aromatic carbocycles. The number of imidazole rings is 1. The number of carbonyl (C=O) groups is 1. The maximum absolute atomic E-state index is 13.6. The lowest BCUT2D eigenvalue weighted by Gasteiger charge is -2.30. The van der Waals surface area contributed by atoms with E-state index >= 15 is 0 Å². The fraction of sp³-hybridized carbons (Fsp3) is 0.154. The number of benzene rings is 3. The number of anilines is 2. The highest BCUT2D eigenvalue weighted by Crippen LogP contribution is 2.39. The van der Waals surface area contributed by atoms with E-state index in [0.29, 0.717) is 28.8 Å². The molecule has 2 N–H and O–H groups in total. The molecule has 166 valence electrons. The first kappa shape index (κ1) is 21.1. The predicted octanol–water partition coefficient (Wildman–Crippen LogP) is 6.02. The van der Waals surface area contributed by atoms with E-state index in [2.05, 4.69) is 15.2 Å². The van der Waals surface area contributed by atoms with Crippen LogP contribution in [0.5, 0.6) is 5.75 Å². The van der Waals surface area contributed by atoms with Crippen molar-refractivity contribution in [3.8, 4) is 5.75 Å². The maximum atomic E-state index is 13.6. The maximum Gasteiger partial charge on any atom is 0.255 e. The Labute approximate surface area is 196 Å². The van der Waals surface area contributed by atoms with E-state index in [0.717, 1.165) is 28.0 Å². The number of hydrogen-bond donors (Lipinski definition) is 2. The second-order valence-electron chi connectivity index (χ2n) is 7.82. The SMILES string of the molecule is CCOc1ccc(NC(=O)C2=C(C)Nc3nc4ccccc4n3C2c2ccc(Cl)cc2)cc1. The Morgan fingerprint density at radius 3 is 2.55 bits per heavy atom. The summed E-state index contributed by atoms with van der Waals surface area (Å²) in [7, 11) is 0. The summed E-state index contributed by atoms with van der Waals surface area (Å²) in [6.45, 7) is 4.43. The molecule has 0 aliphatic carbocycles. The molecular weight excluding hydrogens is 436 g/mol. The van der Waals surface area contributed by atoms with Crippen molar-refractivity contribution in [1.82, 2.24) is 9.55 Å². The molecule has 4 aromatic rings. The Morgan fingerprint density at radius 1 is 1.09 bits per heavy atom. The number of nitrogens with one attached hydrogen (secondary N) is 2. The summed E-state index contributed by atoms with van der Waals surface area (Å²) < 4.78 is 7.57. The largest absolute Gasteiger partial charge is 0.494 e. The van der Waals surface area contributed by atoms with Crippen molar-refractivity contribution in [2.75, 3.05) is 17.2 Å². The molecule has 5 rings (SSSR count). The van der Waals surface area contributed by atoms with Gasteiger partial charge in [-0.2, -0.15) is 0 Å². The number of amides is 1. The molecule has 1 amide bonds. The second-order valence-corrected chi connectivity index (χ2v) is 8.26. The van der Waals surface area contributed by atoms with Crippen LogP contribution in [0.15, 0.2) is 84.1 Å². The Hall–Kier alpha value is -3.77. The van der Waals surface area contributed by atoms with Gasteiger partial charge < -0.3 is 15.4 Å². The molecule has 33 heavy (non-hydrogen) atoms. The lowest BCUT2D eigenvalue weighted by atomic mass is 9.94. The molecule has 1 aromatic heterocycles. The molecule has 0 saturated carbocycles. The van der Waals surface area contributed by atoms with Crippen molar-refractivity contribution in [2.45, 2.75) is 19.9 Å². The van der Waals surface area contributed by atoms with Gasteiger partial charge in [0.1, 0.15) is 5.75 Å². The van der Waals surface area contributed by atoms with Crippen molar-refractivity contribution in [3.05, 3.63) is 94.7 Å². The molecule has 2 heterocycles. The summed E-state index contributed by atoms with van der Waals surface area (Å²) in [4.78, 5) is 18.4. The van der Waals surface area contributed by atoms with Crippen molar-refractivity contribution in [2.24, 2.45) is 0 Å². The number of allylic oxidation sites excluding steroid dienone is 1. The fourth-order valence-corrected chi connectivity index (χ4v) is 4.34. The highest BCUT2D eigenvalue weighted by Gasteiger charge is 2.34. The first-order chi connectivity index (χ1) is 16.0. The van der Waals surface area contributed by atoms with Gasteiger partial charge in [0.15, 0.2) is 0 Å². The molecule has 0 radical (unpaired) electrons. The Bertz CT molecular complexity index is 1360. The average molecular weight is 459 g/mol. The Balaban J connectivity index is 1.58. The molecule has 1 unspecified atom stereocenters. The monoisotopic (exact) mass is 458 g/mol. The topological polar surface area (TPSA) is 68.2 Å². The number of carbonyl (C=O) groups excluding carboxylic acids is 1. The number of halogens is 1. The van der Waals surface area contributed by atoms with Crippen molar-refractivity contribution in [3.63, 3.8) is 0 Å². The summed E-state index contributed by atoms with van der Waals surface area (Å²) in [5.41, 5.74) is 4.81. The molecule has 1 aliphatic heterocycles. The fourth-order valence-electron chi connectivity index (χ4n) is 4.22. The average Bonchev–Trinajstić information content (AvgIpc) is 3.18. The van der Waals surface area contributed by atoms with Crippen LogP contribution in [-0.4, -0.2) is 22.1 Å². The third kappa shape index (κ3) is 3.94. The van der Waals surface area contributed by atoms with Gasteiger partial charge in [-0.05, 0) is 67.9 Å². The number of hydrogen-bond acceptors (Lipinski definition) is 4. The zero-order valence-electron chi connectivity index (χ0n) is 18.3. The van der Waals surface area contributed by atoms with Gasteiger partial charge in [-0.25, -0.2) is 4.98 Å². The summed E-state index contributed by atoms with van der Waals surface area (Å²) >= 11 is 6.16. The normalized spacial score (nSPS) is 15.2. The lowest BCUT2D eigenvalue weighted by molar-refractivity contribution is -0.113. The van der Waals surface area contributed by atoms with Crippen molar-refractivity contribution >= 4 is 40.2 Å². The standard InChI is InChI=1S/C26H23ClN4O2/c1-3-33-20-14-12-19(13-15-20)29-25(32)23-16(2)28-26-30-21-6-4-5-7-22(21)31(26)24(23)17-8-10-18(27)11-9-17/h4-15,24H,3H2,1-2H3,(H,28,30)(H,29,32). The Morgan fingerprint density at radius 2 is 1.82 bits per heavy atom. The molecule has 0 bridgehead atoms. The predicted molar refractivity (Wildman–Crippen MR) is 132 cm³/mol. The van der Waals surface area contributed by atoms with Gasteiger partial charge >= 0.3 is 0 Å². The zero-order valence-corrected chi connectivity index (χ0v) is 19.1. The van der Waals surface area contributed by atoms with Gasteiger partial charge in [-0.15, -0.1) is 0 Å². The number of para-hydroxylation sites is 2. The summed E-state index contributed by atoms with van der Waals surface area (Å²) in [6, 6.07) is 22.5. The van der Waals surface area contributed by atoms with E-state index in [9.17, 15) is 4.79 Å². The molecular formula is C26H23ClN4O2. The van der Waals surface area contributed by atoms with Crippen LogP contribution >= 0.6 is 11.6 Å². The number of aromatic nitrogens is 2. The molecule has 0 saturated heterocycles. The highest BCUT2D eigenvalue weighted by atomic mass is 35.5. The summed E-state index contributed by atoms with van der Waals surface area (Å²) in [6.07, 6.45) is 0. The van der Waals surface area contributed by atoms with Gasteiger partial charge in [-0.1, -0.05) is 35.9 Å². The van der Waals surface area contributed by atoms with Gasteiger partial charge in [-0.3, -0.25) is 9.36 Å². The third-order valence-electron chi connectivity index (χ3n) is 5.68. The van der Waals surface area contributed by atoms with E-state index < -0.39 is 0 Å². The minimum atomic E-state index is -0.367. The van der Waals surface area contributed by atoms with E-state index in [1.54, 1.807) is 0 Å². The summed E-state index contributed by atoms with van der Waals surface area (Å²) in [5, 5.41) is 7.01. The number of nitrogens with zero attached hydrogens (tertiary/aromatic N) is 2. The van der Waals surface area contributed by atoms with E-state index in [1.165, 1.54) is 0 Å². The van der Waals surface area contributed by atoms with Crippen LogP contribution in [0.3, 0.4) is 0 Å². The highest BCUT2D eigenvalue weighted by molar-refractivity contribution is 6.30. The zero-order chi connectivity index (χ0) is 22.9. The van der Waals surface area contributed by atoms with Gasteiger partial charge in [0.05, 0.1) is 29.3 Å². The van der Waals surface area contributed by atoms with Crippen LogP contribution in [0.2, 0.25) is 5.02 Å². The lowest BCUT2D eigenvalue weighted by Crippen LogP contribution is -2.30. The van der Waals surface area contributed by atoms with Crippen LogP contribution < -0.4 is 15.4 Å². The van der Waals surface area contributed by atoms with Crippen LogP contribution in [0, 0.1) is 0 Å². The minimum Gasteiger partial charge on any atom is -0.494 e. The van der Waals surface area contributed by atoms with E-state index in [1.807, 2.05) is 86.6 Å². The van der Waals surface area contributed by atoms with Crippen LogP contribution in [0.1, 0.15) is 25.5 Å². The molecule has 7 heteroatoms. The molecule has 1 atom stereocenters. The van der Waals surface area contributed by atoms with Crippen molar-refractivity contribution in [1.29, 1.82) is 0 Å². The van der Waals surface area contributed by atoms with Gasteiger partial charge in [0.2, 0.25) is 5.95 Å². The second kappa shape index (κ2) is 8.64.